The highest BCUT2D eigenvalue weighted by Gasteiger charge is 2.24. The minimum atomic E-state index is -1.86. The van der Waals surface area contributed by atoms with Crippen molar-refractivity contribution < 1.29 is 8.85 Å². The van der Waals surface area contributed by atoms with Crippen LogP contribution in [0.1, 0.15) is 72.1 Å². The normalized spacial score (nSPS) is 13.7. The summed E-state index contributed by atoms with van der Waals surface area (Å²) in [5, 5.41) is 0. The molecule has 3 heteroatoms. The van der Waals surface area contributed by atoms with E-state index in [0.29, 0.717) is 0 Å². The van der Waals surface area contributed by atoms with Crippen molar-refractivity contribution in [3.8, 4) is 0 Å². The van der Waals surface area contributed by atoms with Crippen LogP contribution in [0.3, 0.4) is 0 Å². The van der Waals surface area contributed by atoms with Gasteiger partial charge in [0.15, 0.2) is 0 Å². The summed E-state index contributed by atoms with van der Waals surface area (Å²) in [6.45, 7) is 12.9. The van der Waals surface area contributed by atoms with Crippen molar-refractivity contribution in [3.05, 3.63) is 0 Å². The van der Waals surface area contributed by atoms with Gasteiger partial charge in [0.2, 0.25) is 0 Å². The molecule has 0 bridgehead atoms. The van der Waals surface area contributed by atoms with Gasteiger partial charge in [0.05, 0.1) is 0 Å². The van der Waals surface area contributed by atoms with Crippen molar-refractivity contribution in [2.75, 3.05) is 13.2 Å². The van der Waals surface area contributed by atoms with Crippen LogP contribution in [-0.4, -0.2) is 21.8 Å². The molecule has 0 fully saturated rings. The number of hydrogen-bond acceptors (Lipinski definition) is 2. The third kappa shape index (κ3) is 12.9. The summed E-state index contributed by atoms with van der Waals surface area (Å²) in [5.74, 6) is 0.767. The van der Waals surface area contributed by atoms with Gasteiger partial charge in [-0.25, -0.2) is 0 Å². The molecule has 0 amide bonds. The average molecular weight is 289 g/mol. The van der Waals surface area contributed by atoms with E-state index in [2.05, 4.69) is 33.9 Å². The van der Waals surface area contributed by atoms with E-state index in [0.717, 1.165) is 25.6 Å². The second-order valence-electron chi connectivity index (χ2n) is 6.17. The molecule has 0 aromatic rings. The zero-order valence-corrected chi connectivity index (χ0v) is 15.0. The minimum Gasteiger partial charge on any atom is -0.395 e. The maximum Gasteiger partial charge on any atom is 0.331 e. The SMILES string of the molecule is CCCCCCCCO[Si](C)(C)OCCC(C)CC. The van der Waals surface area contributed by atoms with Gasteiger partial charge in [0.25, 0.3) is 0 Å². The molecule has 0 aliphatic carbocycles. The number of unbranched alkanes of at least 4 members (excludes halogenated alkanes) is 5. The molecule has 2 nitrogen and oxygen atoms in total. The lowest BCUT2D eigenvalue weighted by atomic mass is 10.1. The van der Waals surface area contributed by atoms with Gasteiger partial charge >= 0.3 is 8.56 Å². The summed E-state index contributed by atoms with van der Waals surface area (Å²) in [6, 6.07) is 0. The first-order chi connectivity index (χ1) is 9.02. The Kier molecular flexibility index (Phi) is 12.0. The number of hydrogen-bond donors (Lipinski definition) is 0. The lowest BCUT2D eigenvalue weighted by Crippen LogP contribution is -2.35. The molecule has 19 heavy (non-hydrogen) atoms. The molecule has 0 aromatic carbocycles. The van der Waals surface area contributed by atoms with Crippen LogP contribution >= 0.6 is 0 Å². The Bertz CT molecular complexity index is 195. The molecule has 0 heterocycles. The molecule has 116 valence electrons. The zero-order chi connectivity index (χ0) is 14.6. The second-order valence-corrected chi connectivity index (χ2v) is 9.54. The van der Waals surface area contributed by atoms with Gasteiger partial charge in [0, 0.05) is 13.2 Å². The standard InChI is InChI=1S/C16H36O2Si/c1-6-8-9-10-11-12-14-17-19(4,5)18-15-13-16(3)7-2/h16H,6-15H2,1-5H3. The van der Waals surface area contributed by atoms with Crippen LogP contribution in [0.25, 0.3) is 0 Å². The highest BCUT2D eigenvalue weighted by atomic mass is 28.4. The van der Waals surface area contributed by atoms with Gasteiger partial charge in [-0.15, -0.1) is 0 Å². The minimum absolute atomic E-state index is 0.767. The lowest BCUT2D eigenvalue weighted by molar-refractivity contribution is 0.166. The Morgan fingerprint density at radius 3 is 2.05 bits per heavy atom. The lowest BCUT2D eigenvalue weighted by Gasteiger charge is -2.23. The Balaban J connectivity index is 3.45. The molecule has 0 aliphatic heterocycles. The zero-order valence-electron chi connectivity index (χ0n) is 14.0. The highest BCUT2D eigenvalue weighted by Crippen LogP contribution is 2.13. The van der Waals surface area contributed by atoms with Gasteiger partial charge in [-0.1, -0.05) is 59.3 Å². The van der Waals surface area contributed by atoms with E-state index in [9.17, 15) is 0 Å². The molecule has 0 aliphatic rings. The Morgan fingerprint density at radius 2 is 1.42 bits per heavy atom. The predicted octanol–water partition coefficient (Wildman–Crippen LogP) is 5.52. The summed E-state index contributed by atoms with van der Waals surface area (Å²) in [7, 11) is -1.86. The fourth-order valence-electron chi connectivity index (χ4n) is 1.95. The average Bonchev–Trinajstić information content (AvgIpc) is 2.37. The van der Waals surface area contributed by atoms with E-state index >= 15 is 0 Å². The van der Waals surface area contributed by atoms with Crippen molar-refractivity contribution in [1.29, 1.82) is 0 Å². The van der Waals surface area contributed by atoms with Crippen molar-refractivity contribution >= 4 is 8.56 Å². The first-order valence-corrected chi connectivity index (χ1v) is 11.1. The van der Waals surface area contributed by atoms with Gasteiger partial charge in [-0.3, -0.25) is 0 Å². The van der Waals surface area contributed by atoms with Gasteiger partial charge in [-0.05, 0) is 31.9 Å². The predicted molar refractivity (Wildman–Crippen MR) is 86.8 cm³/mol. The fraction of sp³-hybridized carbons (Fsp3) is 1.00. The van der Waals surface area contributed by atoms with Crippen LogP contribution in [-0.2, 0) is 8.85 Å². The van der Waals surface area contributed by atoms with Crippen LogP contribution in [0.2, 0.25) is 13.1 Å². The Morgan fingerprint density at radius 1 is 0.842 bits per heavy atom. The molecule has 0 spiro atoms. The van der Waals surface area contributed by atoms with E-state index in [1.165, 1.54) is 44.9 Å². The smallest absolute Gasteiger partial charge is 0.331 e. The van der Waals surface area contributed by atoms with E-state index in [4.69, 9.17) is 8.85 Å². The maximum absolute atomic E-state index is 5.97. The quantitative estimate of drug-likeness (QED) is 0.328. The molecule has 0 saturated carbocycles. The van der Waals surface area contributed by atoms with E-state index in [1.807, 2.05) is 0 Å². The van der Waals surface area contributed by atoms with Crippen LogP contribution in [0, 0.1) is 5.92 Å². The summed E-state index contributed by atoms with van der Waals surface area (Å²) in [4.78, 5) is 0. The highest BCUT2D eigenvalue weighted by molar-refractivity contribution is 6.64. The molecule has 1 unspecified atom stereocenters. The molecule has 0 N–H and O–H groups in total. The molecular weight excluding hydrogens is 252 g/mol. The molecule has 0 saturated heterocycles. The molecule has 0 aromatic heterocycles. The van der Waals surface area contributed by atoms with Crippen molar-refractivity contribution in [2.24, 2.45) is 5.92 Å². The Labute approximate surface area is 122 Å². The largest absolute Gasteiger partial charge is 0.395 e. The van der Waals surface area contributed by atoms with Crippen LogP contribution in [0.5, 0.6) is 0 Å². The maximum atomic E-state index is 5.97. The fourth-order valence-corrected chi connectivity index (χ4v) is 3.28. The first kappa shape index (κ1) is 19.1. The second kappa shape index (κ2) is 11.9. The topological polar surface area (TPSA) is 18.5 Å². The van der Waals surface area contributed by atoms with Gasteiger partial charge in [-0.2, -0.15) is 0 Å². The third-order valence-electron chi connectivity index (χ3n) is 3.70. The van der Waals surface area contributed by atoms with Crippen LogP contribution in [0.4, 0.5) is 0 Å². The van der Waals surface area contributed by atoms with Crippen LogP contribution < -0.4 is 0 Å². The van der Waals surface area contributed by atoms with E-state index < -0.39 is 8.56 Å². The molecule has 1 atom stereocenters. The van der Waals surface area contributed by atoms with Gasteiger partial charge in [0.1, 0.15) is 0 Å². The number of rotatable bonds is 13. The Hall–Kier alpha value is 0.137. The summed E-state index contributed by atoms with van der Waals surface area (Å²) in [6.07, 6.45) is 10.3. The van der Waals surface area contributed by atoms with Crippen LogP contribution in [0.15, 0.2) is 0 Å². The molecule has 0 rings (SSSR count). The monoisotopic (exact) mass is 288 g/mol. The van der Waals surface area contributed by atoms with E-state index in [1.54, 1.807) is 0 Å². The summed E-state index contributed by atoms with van der Waals surface area (Å²) in [5.41, 5.74) is 0. The molecular formula is C16H36O2Si. The van der Waals surface area contributed by atoms with Crippen molar-refractivity contribution in [1.82, 2.24) is 0 Å². The summed E-state index contributed by atoms with van der Waals surface area (Å²) >= 11 is 0. The third-order valence-corrected chi connectivity index (χ3v) is 5.50. The van der Waals surface area contributed by atoms with Crippen molar-refractivity contribution in [3.63, 3.8) is 0 Å². The molecule has 0 radical (unpaired) electrons. The summed E-state index contributed by atoms with van der Waals surface area (Å²) < 4.78 is 11.9. The van der Waals surface area contributed by atoms with Gasteiger partial charge < -0.3 is 8.85 Å². The first-order valence-electron chi connectivity index (χ1n) is 8.29. The van der Waals surface area contributed by atoms with Crippen molar-refractivity contribution in [2.45, 2.75) is 85.2 Å². The van der Waals surface area contributed by atoms with E-state index in [-0.39, 0.29) is 0 Å².